The zero-order valence-electron chi connectivity index (χ0n) is 17.9. The highest BCUT2D eigenvalue weighted by Gasteiger charge is 2.18. The van der Waals surface area contributed by atoms with E-state index in [1.807, 2.05) is 36.5 Å². The molecular formula is C28H20N2OS2. The minimum atomic E-state index is -1.06. The molecule has 3 nitrogen and oxygen atoms in total. The Morgan fingerprint density at radius 3 is 2.55 bits per heavy atom. The molecule has 5 aromatic rings. The summed E-state index contributed by atoms with van der Waals surface area (Å²) in [7, 11) is -1.06. The first-order valence-electron chi connectivity index (χ1n) is 10.7. The second kappa shape index (κ2) is 8.10. The number of nitrogens with zero attached hydrogens (tertiary/aromatic N) is 1. The maximum atomic E-state index is 12.3. The van der Waals surface area contributed by atoms with Gasteiger partial charge in [-0.3, -0.25) is 4.21 Å². The van der Waals surface area contributed by atoms with Crippen LogP contribution in [0.5, 0.6) is 0 Å². The van der Waals surface area contributed by atoms with Crippen LogP contribution < -0.4 is 9.89 Å². The highest BCUT2D eigenvalue weighted by molar-refractivity contribution is 7.84. The van der Waals surface area contributed by atoms with Gasteiger partial charge in [0.1, 0.15) is 4.67 Å². The van der Waals surface area contributed by atoms with Crippen molar-refractivity contribution in [1.82, 2.24) is 4.98 Å². The van der Waals surface area contributed by atoms with Gasteiger partial charge in [-0.15, -0.1) is 11.3 Å². The highest BCUT2D eigenvalue weighted by Crippen LogP contribution is 2.33. The number of rotatable bonds is 4. The van der Waals surface area contributed by atoms with E-state index in [1.165, 1.54) is 15.3 Å². The third kappa shape index (κ3) is 3.50. The van der Waals surface area contributed by atoms with Crippen LogP contribution in [0.1, 0.15) is 11.3 Å². The van der Waals surface area contributed by atoms with Gasteiger partial charge in [0.05, 0.1) is 16.5 Å². The fraction of sp³-hybridized carbons (Fsp3) is 0.0357. The predicted octanol–water partition coefficient (Wildman–Crippen LogP) is 5.51. The van der Waals surface area contributed by atoms with Crippen LogP contribution in [-0.2, 0) is 10.8 Å². The van der Waals surface area contributed by atoms with Crippen LogP contribution in [0, 0.1) is 0 Å². The Kier molecular flexibility index (Phi) is 4.93. The Hall–Kier alpha value is -3.54. The van der Waals surface area contributed by atoms with E-state index in [0.717, 1.165) is 43.2 Å². The maximum Gasteiger partial charge on any atom is 0.125 e. The van der Waals surface area contributed by atoms with Crippen LogP contribution in [0.4, 0.5) is 0 Å². The quantitative estimate of drug-likeness (QED) is 0.375. The van der Waals surface area contributed by atoms with Gasteiger partial charge in [0.15, 0.2) is 0 Å². The highest BCUT2D eigenvalue weighted by atomic mass is 32.2. The molecule has 33 heavy (non-hydrogen) atoms. The summed E-state index contributed by atoms with van der Waals surface area (Å²) in [5.74, 6) is 0. The van der Waals surface area contributed by atoms with Crippen molar-refractivity contribution in [2.45, 2.75) is 4.90 Å². The van der Waals surface area contributed by atoms with Crippen LogP contribution >= 0.6 is 11.3 Å². The third-order valence-electron chi connectivity index (χ3n) is 5.90. The SMILES string of the molecule is CS(=O)c1ccccc1-c1c[nH]c(/C(=C2/C=c3c(sc4ccccc34)=N2)c2ccccc2)c1. The number of thiophene rings is 1. The summed E-state index contributed by atoms with van der Waals surface area (Å²) in [5, 5.41) is 2.44. The number of allylic oxidation sites excluding steroid dienone is 1. The van der Waals surface area contributed by atoms with Crippen molar-refractivity contribution in [2.24, 2.45) is 4.99 Å². The Morgan fingerprint density at radius 1 is 0.939 bits per heavy atom. The van der Waals surface area contributed by atoms with Crippen molar-refractivity contribution in [3.8, 4) is 11.1 Å². The number of nitrogens with one attached hydrogen (secondary N) is 1. The largest absolute Gasteiger partial charge is 0.360 e. The Labute approximate surface area is 197 Å². The monoisotopic (exact) mass is 464 g/mol. The number of hydrogen-bond donors (Lipinski definition) is 1. The summed E-state index contributed by atoms with van der Waals surface area (Å²) in [6.07, 6.45) is 5.91. The standard InChI is InChI=1S/C28H20N2OS2/c1-33(31)26-14-8-6-11-20(26)19-15-23(29-17-19)27(18-9-3-2-4-10-18)24-16-22-21-12-5-7-13-25(21)32-28(22)30-24/h2-17,29H,1H3/b27-24-. The molecule has 0 spiro atoms. The fourth-order valence-corrected chi connectivity index (χ4v) is 6.21. The average Bonchev–Trinajstić information content (AvgIpc) is 3.55. The van der Waals surface area contributed by atoms with E-state index in [2.05, 4.69) is 65.7 Å². The van der Waals surface area contributed by atoms with Crippen molar-refractivity contribution >= 4 is 43.9 Å². The van der Waals surface area contributed by atoms with Crippen LogP contribution in [-0.4, -0.2) is 15.4 Å². The topological polar surface area (TPSA) is 45.2 Å². The molecule has 1 aliphatic rings. The summed E-state index contributed by atoms with van der Waals surface area (Å²) in [6.45, 7) is 0. The molecule has 1 N–H and O–H groups in total. The van der Waals surface area contributed by atoms with Crippen LogP contribution in [0.2, 0.25) is 0 Å². The number of aromatic amines is 1. The van der Waals surface area contributed by atoms with E-state index in [4.69, 9.17) is 4.99 Å². The molecule has 5 heteroatoms. The van der Waals surface area contributed by atoms with Gasteiger partial charge < -0.3 is 4.98 Å². The molecule has 0 saturated heterocycles. The summed E-state index contributed by atoms with van der Waals surface area (Å²) >= 11 is 1.73. The van der Waals surface area contributed by atoms with E-state index < -0.39 is 10.8 Å². The van der Waals surface area contributed by atoms with Crippen LogP contribution in [0.25, 0.3) is 32.9 Å². The molecule has 0 amide bonds. The minimum absolute atomic E-state index is 0.836. The maximum absolute atomic E-state index is 12.3. The molecule has 1 aliphatic heterocycles. The Balaban J connectivity index is 1.56. The molecule has 2 aromatic heterocycles. The number of H-pyrrole nitrogens is 1. The molecule has 1 unspecified atom stereocenters. The first-order valence-corrected chi connectivity index (χ1v) is 13.1. The lowest BCUT2D eigenvalue weighted by Crippen LogP contribution is -2.13. The molecule has 3 aromatic carbocycles. The van der Waals surface area contributed by atoms with Gasteiger partial charge in [0, 0.05) is 49.5 Å². The summed E-state index contributed by atoms with van der Waals surface area (Å²) in [4.78, 5) is 9.35. The van der Waals surface area contributed by atoms with Gasteiger partial charge >= 0.3 is 0 Å². The van der Waals surface area contributed by atoms with Gasteiger partial charge in [-0.25, -0.2) is 4.99 Å². The molecular weight excluding hydrogens is 444 g/mol. The molecule has 0 bridgehead atoms. The lowest BCUT2D eigenvalue weighted by atomic mass is 9.99. The van der Waals surface area contributed by atoms with Gasteiger partial charge in [-0.2, -0.15) is 0 Å². The summed E-state index contributed by atoms with van der Waals surface area (Å²) in [6, 6.07) is 28.8. The van der Waals surface area contributed by atoms with E-state index in [0.29, 0.717) is 0 Å². The molecule has 3 heterocycles. The van der Waals surface area contributed by atoms with Gasteiger partial charge in [0.25, 0.3) is 0 Å². The lowest BCUT2D eigenvalue weighted by molar-refractivity contribution is 0.687. The number of aromatic nitrogens is 1. The first-order chi connectivity index (χ1) is 16.2. The summed E-state index contributed by atoms with van der Waals surface area (Å²) < 4.78 is 14.6. The molecule has 6 rings (SSSR count). The van der Waals surface area contributed by atoms with Gasteiger partial charge in [0.2, 0.25) is 0 Å². The second-order valence-electron chi connectivity index (χ2n) is 7.95. The van der Waals surface area contributed by atoms with Crippen LogP contribution in [0.3, 0.4) is 0 Å². The number of benzene rings is 3. The van der Waals surface area contributed by atoms with E-state index in [-0.39, 0.29) is 0 Å². The van der Waals surface area contributed by atoms with Crippen LogP contribution in [0.15, 0.2) is 107 Å². The Morgan fingerprint density at radius 2 is 1.70 bits per heavy atom. The second-order valence-corrected chi connectivity index (χ2v) is 10.3. The fourth-order valence-electron chi connectivity index (χ4n) is 4.38. The van der Waals surface area contributed by atoms with E-state index in [9.17, 15) is 4.21 Å². The van der Waals surface area contributed by atoms with Crippen molar-refractivity contribution in [3.63, 3.8) is 0 Å². The first kappa shape index (κ1) is 20.1. The number of fused-ring (bicyclic) bond motifs is 3. The zero-order chi connectivity index (χ0) is 22.4. The van der Waals surface area contributed by atoms with Crippen molar-refractivity contribution in [3.05, 3.63) is 118 Å². The normalized spacial score (nSPS) is 15.1. The molecule has 1 atom stereocenters. The molecule has 0 aliphatic carbocycles. The zero-order valence-corrected chi connectivity index (χ0v) is 19.5. The molecule has 0 fully saturated rings. The van der Waals surface area contributed by atoms with Crippen molar-refractivity contribution in [2.75, 3.05) is 6.26 Å². The van der Waals surface area contributed by atoms with E-state index in [1.54, 1.807) is 17.6 Å². The third-order valence-corrected chi connectivity index (χ3v) is 7.95. The van der Waals surface area contributed by atoms with Gasteiger partial charge in [-0.1, -0.05) is 66.7 Å². The van der Waals surface area contributed by atoms with Crippen molar-refractivity contribution in [1.29, 1.82) is 0 Å². The smallest absolute Gasteiger partial charge is 0.125 e. The van der Waals surface area contributed by atoms with Gasteiger partial charge in [-0.05, 0) is 35.4 Å². The lowest BCUT2D eigenvalue weighted by Gasteiger charge is -2.08. The molecule has 0 saturated carbocycles. The molecule has 0 radical (unpaired) electrons. The average molecular weight is 465 g/mol. The summed E-state index contributed by atoms with van der Waals surface area (Å²) in [5.41, 5.74) is 6.10. The minimum Gasteiger partial charge on any atom is -0.360 e. The Bertz CT molecular complexity index is 1690. The predicted molar refractivity (Wildman–Crippen MR) is 138 cm³/mol. The molecule has 160 valence electrons. The van der Waals surface area contributed by atoms with Crippen molar-refractivity contribution < 1.29 is 4.21 Å². The number of hydrogen-bond acceptors (Lipinski definition) is 3. The van der Waals surface area contributed by atoms with E-state index >= 15 is 0 Å².